The third kappa shape index (κ3) is 4.69. The number of rotatable bonds is 5. The summed E-state index contributed by atoms with van der Waals surface area (Å²) in [5.41, 5.74) is -2.69. The predicted octanol–water partition coefficient (Wildman–Crippen LogP) is 4.47. The zero-order valence-corrected chi connectivity index (χ0v) is 19.7. The van der Waals surface area contributed by atoms with Crippen LogP contribution in [-0.2, 0) is 15.8 Å². The van der Waals surface area contributed by atoms with Gasteiger partial charge in [-0.15, -0.1) is 0 Å². The van der Waals surface area contributed by atoms with Crippen LogP contribution in [0.2, 0.25) is 0 Å². The lowest BCUT2D eigenvalue weighted by atomic mass is 9.96. The largest absolute Gasteiger partial charge is 0.417 e. The molecule has 2 aliphatic rings. The van der Waals surface area contributed by atoms with E-state index in [1.165, 1.54) is 6.07 Å². The lowest BCUT2D eigenvalue weighted by molar-refractivity contribution is -0.137. The molecule has 2 heterocycles. The molecule has 0 atom stereocenters. The number of carbonyl (C=O) groups is 2. The molecule has 0 aromatic heterocycles. The van der Waals surface area contributed by atoms with Crippen LogP contribution < -0.4 is 4.90 Å². The number of nitriles is 1. The van der Waals surface area contributed by atoms with Gasteiger partial charge in [0.25, 0.3) is 5.91 Å². The molecule has 0 spiro atoms. The van der Waals surface area contributed by atoms with Crippen LogP contribution in [-0.4, -0.2) is 51.4 Å². The number of anilines is 1. The van der Waals surface area contributed by atoms with Crippen molar-refractivity contribution in [2.75, 3.05) is 18.0 Å². The maximum Gasteiger partial charge on any atom is 0.417 e. The fourth-order valence-electron chi connectivity index (χ4n) is 4.51. The van der Waals surface area contributed by atoms with E-state index in [-0.39, 0.29) is 22.7 Å². The van der Waals surface area contributed by atoms with Gasteiger partial charge in [0.15, 0.2) is 5.11 Å². The highest BCUT2D eigenvalue weighted by Crippen LogP contribution is 2.39. The summed E-state index contributed by atoms with van der Waals surface area (Å²) >= 11 is 5.59. The molecule has 2 saturated heterocycles. The Kier molecular flexibility index (Phi) is 7.03. The number of unbranched alkanes of at least 4 members (excludes halogenated alkanes) is 1. The fraction of sp³-hybridized carbons (Fsp3) is 0.565. The molecule has 0 aliphatic carbocycles. The van der Waals surface area contributed by atoms with Crippen LogP contribution >= 0.6 is 12.2 Å². The van der Waals surface area contributed by atoms with Crippen LogP contribution in [0.4, 0.5) is 18.9 Å². The van der Waals surface area contributed by atoms with Crippen molar-refractivity contribution in [3.05, 3.63) is 29.3 Å². The topological polar surface area (TPSA) is 67.7 Å². The number of carbonyl (C=O) groups excluding carboxylic acids is 2. The minimum Gasteiger partial charge on any atom is -0.343 e. The Balaban J connectivity index is 1.84. The molecule has 0 bridgehead atoms. The average Bonchev–Trinajstić information content (AvgIpc) is 2.94. The van der Waals surface area contributed by atoms with Gasteiger partial charge >= 0.3 is 6.18 Å². The quantitative estimate of drug-likeness (QED) is 0.582. The van der Waals surface area contributed by atoms with E-state index < -0.39 is 28.7 Å². The van der Waals surface area contributed by atoms with E-state index in [9.17, 15) is 22.8 Å². The minimum atomic E-state index is -4.74. The summed E-state index contributed by atoms with van der Waals surface area (Å²) < 4.78 is 40.4. The molecular formula is C23H27F3N4O2S. The number of benzene rings is 1. The second kappa shape index (κ2) is 9.29. The van der Waals surface area contributed by atoms with E-state index in [1.807, 2.05) is 11.8 Å². The standard InChI is InChI=1S/C23H27F3N4O2S/c1-4-5-6-19(31)28-11-9-16(10-12-28)30-21(33)29(20(32)22(30,2)3)17-8-7-15(14-27)18(13-17)23(24,25)26/h7-8,13,16H,4-6,9-12H2,1-3H3. The molecular weight excluding hydrogens is 453 g/mol. The number of likely N-dealkylation sites (tertiary alicyclic amines) is 1. The van der Waals surface area contributed by atoms with E-state index in [0.717, 1.165) is 29.9 Å². The zero-order valence-electron chi connectivity index (χ0n) is 18.9. The number of nitrogens with zero attached hydrogens (tertiary/aromatic N) is 4. The summed E-state index contributed by atoms with van der Waals surface area (Å²) in [6.07, 6.45) is -1.20. The van der Waals surface area contributed by atoms with Crippen LogP contribution in [0.1, 0.15) is 64.0 Å². The molecule has 3 rings (SSSR count). The molecule has 0 saturated carbocycles. The molecule has 0 unspecified atom stereocenters. The first-order valence-electron chi connectivity index (χ1n) is 11.0. The van der Waals surface area contributed by atoms with Gasteiger partial charge in [0, 0.05) is 25.6 Å². The van der Waals surface area contributed by atoms with Crippen LogP contribution in [0, 0.1) is 11.3 Å². The van der Waals surface area contributed by atoms with Gasteiger partial charge in [0.1, 0.15) is 5.54 Å². The molecule has 0 radical (unpaired) electrons. The summed E-state index contributed by atoms with van der Waals surface area (Å²) in [6.45, 7) is 6.53. The Hall–Kier alpha value is -2.67. The molecule has 10 heteroatoms. The van der Waals surface area contributed by atoms with Gasteiger partial charge in [-0.3, -0.25) is 14.5 Å². The highest BCUT2D eigenvalue weighted by Gasteiger charge is 2.52. The Morgan fingerprint density at radius 2 is 1.91 bits per heavy atom. The Morgan fingerprint density at radius 3 is 2.45 bits per heavy atom. The first-order valence-corrected chi connectivity index (χ1v) is 11.4. The summed E-state index contributed by atoms with van der Waals surface area (Å²) in [4.78, 5) is 30.4. The van der Waals surface area contributed by atoms with Crippen molar-refractivity contribution in [2.45, 2.75) is 70.6 Å². The van der Waals surface area contributed by atoms with Gasteiger partial charge in [0.2, 0.25) is 5.91 Å². The second-order valence-electron chi connectivity index (χ2n) is 8.91. The van der Waals surface area contributed by atoms with Crippen molar-refractivity contribution < 1.29 is 22.8 Å². The average molecular weight is 481 g/mol. The number of thiocarbonyl (C=S) groups is 1. The van der Waals surface area contributed by atoms with Crippen LogP contribution in [0.5, 0.6) is 0 Å². The molecule has 2 aliphatic heterocycles. The number of hydrogen-bond donors (Lipinski definition) is 0. The highest BCUT2D eigenvalue weighted by atomic mass is 32.1. The van der Waals surface area contributed by atoms with Crippen molar-refractivity contribution in [1.29, 1.82) is 5.26 Å². The van der Waals surface area contributed by atoms with Gasteiger partial charge in [0.05, 0.1) is 22.9 Å². The molecule has 0 N–H and O–H groups in total. The monoisotopic (exact) mass is 480 g/mol. The molecule has 6 nitrogen and oxygen atoms in total. The third-order valence-corrected chi connectivity index (χ3v) is 6.72. The van der Waals surface area contributed by atoms with Gasteiger partial charge < -0.3 is 9.80 Å². The van der Waals surface area contributed by atoms with Crippen LogP contribution in [0.15, 0.2) is 18.2 Å². The lowest BCUT2D eigenvalue weighted by Gasteiger charge is -2.42. The molecule has 2 amide bonds. The number of hydrogen-bond acceptors (Lipinski definition) is 4. The molecule has 33 heavy (non-hydrogen) atoms. The first kappa shape index (κ1) is 25.0. The molecule has 178 valence electrons. The van der Waals surface area contributed by atoms with E-state index in [1.54, 1.807) is 24.8 Å². The summed E-state index contributed by atoms with van der Waals surface area (Å²) in [7, 11) is 0. The number of amides is 2. The normalized spacial score (nSPS) is 19.2. The second-order valence-corrected chi connectivity index (χ2v) is 9.27. The highest BCUT2D eigenvalue weighted by molar-refractivity contribution is 7.80. The third-order valence-electron chi connectivity index (χ3n) is 6.34. The van der Waals surface area contributed by atoms with Crippen molar-refractivity contribution >= 4 is 34.8 Å². The lowest BCUT2D eigenvalue weighted by Crippen LogP contribution is -2.54. The summed E-state index contributed by atoms with van der Waals surface area (Å²) in [5.74, 6) is -0.305. The van der Waals surface area contributed by atoms with E-state index >= 15 is 0 Å². The Morgan fingerprint density at radius 1 is 1.27 bits per heavy atom. The number of piperidine rings is 1. The smallest absolute Gasteiger partial charge is 0.343 e. The van der Waals surface area contributed by atoms with Gasteiger partial charge in [-0.2, -0.15) is 18.4 Å². The first-order chi connectivity index (χ1) is 15.4. The molecule has 2 fully saturated rings. The Labute approximate surface area is 196 Å². The van der Waals surface area contributed by atoms with Crippen molar-refractivity contribution in [1.82, 2.24) is 9.80 Å². The summed E-state index contributed by atoms with van der Waals surface area (Å²) in [5, 5.41) is 9.19. The molecule has 1 aromatic carbocycles. The van der Waals surface area contributed by atoms with Crippen LogP contribution in [0.3, 0.4) is 0 Å². The van der Waals surface area contributed by atoms with Gasteiger partial charge in [-0.25, -0.2) is 0 Å². The van der Waals surface area contributed by atoms with Crippen LogP contribution in [0.25, 0.3) is 0 Å². The maximum atomic E-state index is 13.5. The minimum absolute atomic E-state index is 0.0147. The number of halogens is 3. The van der Waals surface area contributed by atoms with Gasteiger partial charge in [-0.1, -0.05) is 13.3 Å². The zero-order chi connectivity index (χ0) is 24.6. The fourth-order valence-corrected chi connectivity index (χ4v) is 5.08. The van der Waals surface area contributed by atoms with E-state index in [2.05, 4.69) is 0 Å². The van der Waals surface area contributed by atoms with Crippen molar-refractivity contribution in [2.24, 2.45) is 0 Å². The molecule has 1 aromatic rings. The van der Waals surface area contributed by atoms with E-state index in [4.69, 9.17) is 17.5 Å². The van der Waals surface area contributed by atoms with E-state index in [0.29, 0.717) is 32.4 Å². The summed E-state index contributed by atoms with van der Waals surface area (Å²) in [6, 6.07) is 4.61. The van der Waals surface area contributed by atoms with Gasteiger partial charge in [-0.05, 0) is 63.5 Å². The van der Waals surface area contributed by atoms with Crippen molar-refractivity contribution in [3.63, 3.8) is 0 Å². The number of alkyl halides is 3. The SMILES string of the molecule is CCCCC(=O)N1CCC(N2C(=S)N(c3ccc(C#N)c(C(F)(F)F)c3)C(=O)C2(C)C)CC1. The maximum absolute atomic E-state index is 13.5. The Bertz CT molecular complexity index is 994. The van der Waals surface area contributed by atoms with Crippen molar-refractivity contribution in [3.8, 4) is 6.07 Å². The predicted molar refractivity (Wildman–Crippen MR) is 121 cm³/mol.